The van der Waals surface area contributed by atoms with Crippen LogP contribution in [-0.4, -0.2) is 38.1 Å². The molecule has 1 aliphatic rings. The lowest BCUT2D eigenvalue weighted by molar-refractivity contribution is -0.128. The van der Waals surface area contributed by atoms with Crippen molar-refractivity contribution in [3.63, 3.8) is 0 Å². The van der Waals surface area contributed by atoms with Gasteiger partial charge in [0.2, 0.25) is 5.91 Å². The Morgan fingerprint density at radius 2 is 2.13 bits per heavy atom. The van der Waals surface area contributed by atoms with Gasteiger partial charge in [-0.25, -0.2) is 0 Å². The van der Waals surface area contributed by atoms with E-state index < -0.39 is 16.0 Å². The lowest BCUT2D eigenvalue weighted by Gasteiger charge is -2.18. The molecule has 1 saturated heterocycles. The smallest absolute Gasteiger partial charge is 0.302 e. The summed E-state index contributed by atoms with van der Waals surface area (Å²) >= 11 is 0. The van der Waals surface area contributed by atoms with Gasteiger partial charge in [0, 0.05) is 25.4 Å². The first-order chi connectivity index (χ1) is 6.78. The Morgan fingerprint density at radius 1 is 1.53 bits per heavy atom. The molecule has 15 heavy (non-hydrogen) atoms. The van der Waals surface area contributed by atoms with E-state index >= 15 is 0 Å². The number of amides is 1. The molecule has 4 nitrogen and oxygen atoms in total. The zero-order valence-electron chi connectivity index (χ0n) is 8.94. The molecule has 1 fully saturated rings. The number of carbonyl (C=O) groups is 1. The zero-order chi connectivity index (χ0) is 11.6. The number of halogens is 1. The van der Waals surface area contributed by atoms with Gasteiger partial charge in [0.15, 0.2) is 0 Å². The van der Waals surface area contributed by atoms with Crippen LogP contribution in [0.25, 0.3) is 0 Å². The molecule has 1 unspecified atom stereocenters. The Bertz CT molecular complexity index is 339. The van der Waals surface area contributed by atoms with Crippen molar-refractivity contribution in [1.29, 1.82) is 0 Å². The second-order valence-electron chi connectivity index (χ2n) is 4.47. The SMILES string of the molecule is CC(C)CN1CC(CS(=O)(=O)F)CC1=O. The molecule has 0 aliphatic carbocycles. The minimum atomic E-state index is -4.46. The van der Waals surface area contributed by atoms with E-state index in [4.69, 9.17) is 0 Å². The monoisotopic (exact) mass is 237 g/mol. The fraction of sp³-hybridized carbons (Fsp3) is 0.889. The van der Waals surface area contributed by atoms with E-state index in [1.165, 1.54) is 0 Å². The largest absolute Gasteiger partial charge is 0.342 e. The lowest BCUT2D eigenvalue weighted by atomic mass is 10.1. The number of hydrogen-bond donors (Lipinski definition) is 0. The molecule has 1 rings (SSSR count). The molecular formula is C9H16FNO3S. The summed E-state index contributed by atoms with van der Waals surface area (Å²) in [7, 11) is -4.46. The van der Waals surface area contributed by atoms with Crippen molar-refractivity contribution < 1.29 is 17.1 Å². The van der Waals surface area contributed by atoms with E-state index in [9.17, 15) is 17.1 Å². The summed E-state index contributed by atoms with van der Waals surface area (Å²) in [5.74, 6) is -0.647. The molecule has 1 heterocycles. The normalized spacial score (nSPS) is 22.8. The molecule has 6 heteroatoms. The van der Waals surface area contributed by atoms with Gasteiger partial charge in [0.05, 0.1) is 5.75 Å². The van der Waals surface area contributed by atoms with Crippen LogP contribution in [0.3, 0.4) is 0 Å². The first kappa shape index (κ1) is 12.4. The van der Waals surface area contributed by atoms with Crippen LogP contribution in [0.5, 0.6) is 0 Å². The maximum Gasteiger partial charge on any atom is 0.302 e. The lowest BCUT2D eigenvalue weighted by Crippen LogP contribution is -2.29. The van der Waals surface area contributed by atoms with Crippen LogP contribution in [0.1, 0.15) is 20.3 Å². The van der Waals surface area contributed by atoms with Crippen LogP contribution in [0.15, 0.2) is 0 Å². The molecule has 0 saturated carbocycles. The third-order valence-electron chi connectivity index (χ3n) is 2.31. The summed E-state index contributed by atoms with van der Waals surface area (Å²) in [5, 5.41) is 0. The first-order valence-electron chi connectivity index (χ1n) is 4.98. The average molecular weight is 237 g/mol. The van der Waals surface area contributed by atoms with E-state index in [0.29, 0.717) is 19.0 Å². The van der Waals surface area contributed by atoms with E-state index in [-0.39, 0.29) is 18.2 Å². The van der Waals surface area contributed by atoms with Gasteiger partial charge in [-0.2, -0.15) is 8.42 Å². The number of nitrogens with zero attached hydrogens (tertiary/aromatic N) is 1. The van der Waals surface area contributed by atoms with Crippen molar-refractivity contribution in [1.82, 2.24) is 4.90 Å². The van der Waals surface area contributed by atoms with Gasteiger partial charge in [-0.05, 0) is 5.92 Å². The molecule has 0 N–H and O–H groups in total. The highest BCUT2D eigenvalue weighted by molar-refractivity contribution is 7.86. The summed E-state index contributed by atoms with van der Waals surface area (Å²) in [5.41, 5.74) is 0. The molecule has 1 aliphatic heterocycles. The Balaban J connectivity index is 2.52. The number of hydrogen-bond acceptors (Lipinski definition) is 3. The molecule has 1 amide bonds. The predicted octanol–water partition coefficient (Wildman–Crippen LogP) is 0.790. The molecule has 0 aromatic heterocycles. The van der Waals surface area contributed by atoms with Crippen molar-refractivity contribution in [2.24, 2.45) is 11.8 Å². The summed E-state index contributed by atoms with van der Waals surface area (Å²) in [6.07, 6.45) is 0.149. The van der Waals surface area contributed by atoms with Gasteiger partial charge in [-0.15, -0.1) is 3.89 Å². The standard InChI is InChI=1S/C9H16FNO3S/c1-7(2)4-11-5-8(3-9(11)12)6-15(10,13)14/h7-8H,3-6H2,1-2H3. The Hall–Kier alpha value is -0.650. The zero-order valence-corrected chi connectivity index (χ0v) is 9.76. The van der Waals surface area contributed by atoms with E-state index in [1.807, 2.05) is 13.8 Å². The third kappa shape index (κ3) is 4.15. The van der Waals surface area contributed by atoms with E-state index in [1.54, 1.807) is 4.90 Å². The fourth-order valence-corrected chi connectivity index (χ4v) is 2.65. The second-order valence-corrected chi connectivity index (χ2v) is 5.88. The third-order valence-corrected chi connectivity index (χ3v) is 3.18. The number of rotatable bonds is 4. The fourth-order valence-electron chi connectivity index (χ4n) is 1.86. The van der Waals surface area contributed by atoms with Crippen LogP contribution in [0, 0.1) is 11.8 Å². The van der Waals surface area contributed by atoms with Gasteiger partial charge < -0.3 is 4.90 Å². The summed E-state index contributed by atoms with van der Waals surface area (Å²) in [6, 6.07) is 0. The van der Waals surface area contributed by atoms with Gasteiger partial charge in [-0.3, -0.25) is 4.79 Å². The van der Waals surface area contributed by atoms with Crippen molar-refractivity contribution in [3.05, 3.63) is 0 Å². The summed E-state index contributed by atoms with van der Waals surface area (Å²) in [4.78, 5) is 13.0. The summed E-state index contributed by atoms with van der Waals surface area (Å²) in [6.45, 7) is 4.93. The number of carbonyl (C=O) groups excluding carboxylic acids is 1. The molecule has 0 aromatic rings. The highest BCUT2D eigenvalue weighted by atomic mass is 32.3. The maximum atomic E-state index is 12.4. The van der Waals surface area contributed by atoms with Gasteiger partial charge >= 0.3 is 10.2 Å². The minimum Gasteiger partial charge on any atom is -0.342 e. The molecule has 0 bridgehead atoms. The van der Waals surface area contributed by atoms with Crippen LogP contribution < -0.4 is 0 Å². The van der Waals surface area contributed by atoms with Gasteiger partial charge in [0.25, 0.3) is 0 Å². The van der Waals surface area contributed by atoms with Gasteiger partial charge in [0.1, 0.15) is 0 Å². The molecular weight excluding hydrogens is 221 g/mol. The van der Waals surface area contributed by atoms with Crippen molar-refractivity contribution in [2.75, 3.05) is 18.8 Å². The molecule has 0 spiro atoms. The van der Waals surface area contributed by atoms with Crippen molar-refractivity contribution >= 4 is 16.1 Å². The molecule has 88 valence electrons. The Kier molecular flexibility index (Phi) is 3.70. The van der Waals surface area contributed by atoms with Crippen molar-refractivity contribution in [3.8, 4) is 0 Å². The van der Waals surface area contributed by atoms with Gasteiger partial charge in [-0.1, -0.05) is 13.8 Å². The molecule has 0 aromatic carbocycles. The topological polar surface area (TPSA) is 54.5 Å². The quantitative estimate of drug-likeness (QED) is 0.679. The average Bonchev–Trinajstić information content (AvgIpc) is 2.26. The Labute approximate surface area is 89.7 Å². The van der Waals surface area contributed by atoms with Crippen LogP contribution in [0.2, 0.25) is 0 Å². The maximum absolute atomic E-state index is 12.4. The van der Waals surface area contributed by atoms with E-state index in [0.717, 1.165) is 0 Å². The molecule has 1 atom stereocenters. The minimum absolute atomic E-state index is 0.0719. The second kappa shape index (κ2) is 4.47. The highest BCUT2D eigenvalue weighted by Crippen LogP contribution is 2.20. The summed E-state index contributed by atoms with van der Waals surface area (Å²) < 4.78 is 33.3. The van der Waals surface area contributed by atoms with Crippen LogP contribution in [0.4, 0.5) is 3.89 Å². The van der Waals surface area contributed by atoms with Crippen LogP contribution >= 0.6 is 0 Å². The number of likely N-dealkylation sites (tertiary alicyclic amines) is 1. The van der Waals surface area contributed by atoms with E-state index in [2.05, 4.69) is 0 Å². The first-order valence-corrected chi connectivity index (χ1v) is 6.53. The van der Waals surface area contributed by atoms with Crippen LogP contribution in [-0.2, 0) is 15.0 Å². The Morgan fingerprint density at radius 3 is 2.60 bits per heavy atom. The predicted molar refractivity (Wildman–Crippen MR) is 54.4 cm³/mol. The van der Waals surface area contributed by atoms with Crippen molar-refractivity contribution in [2.45, 2.75) is 20.3 Å². The highest BCUT2D eigenvalue weighted by Gasteiger charge is 2.32. The molecule has 0 radical (unpaired) electrons.